The second kappa shape index (κ2) is 4.23. The molecule has 0 unspecified atom stereocenters. The number of allylic oxidation sites excluding steroid dienone is 1. The molecule has 0 spiro atoms. The molecule has 20 heavy (non-hydrogen) atoms. The van der Waals surface area contributed by atoms with Gasteiger partial charge < -0.3 is 4.98 Å². The molecule has 2 nitrogen and oxygen atoms in total. The van der Waals surface area contributed by atoms with Crippen LogP contribution >= 0.6 is 0 Å². The van der Waals surface area contributed by atoms with Gasteiger partial charge in [-0.05, 0) is 43.5 Å². The molecule has 2 aromatic rings. The Morgan fingerprint density at radius 3 is 2.95 bits per heavy atom. The third-order valence-corrected chi connectivity index (χ3v) is 5.47. The number of aromatic nitrogens is 1. The Hall–Kier alpha value is -1.54. The molecule has 1 aliphatic heterocycles. The van der Waals surface area contributed by atoms with Gasteiger partial charge >= 0.3 is 0 Å². The van der Waals surface area contributed by atoms with E-state index in [-0.39, 0.29) is 0 Å². The van der Waals surface area contributed by atoms with Crippen molar-refractivity contribution in [3.8, 4) is 0 Å². The Morgan fingerprint density at radius 2 is 2.15 bits per heavy atom. The first-order valence-corrected chi connectivity index (χ1v) is 7.72. The molecular formula is C18H22N2. The maximum Gasteiger partial charge on any atom is 0.0469 e. The number of nitrogens with one attached hydrogen (secondary N) is 1. The lowest BCUT2D eigenvalue weighted by Gasteiger charge is -2.48. The van der Waals surface area contributed by atoms with Gasteiger partial charge in [0.25, 0.3) is 0 Å². The van der Waals surface area contributed by atoms with Crippen molar-refractivity contribution in [2.45, 2.75) is 25.8 Å². The summed E-state index contributed by atoms with van der Waals surface area (Å²) in [6.07, 6.45) is 2.48. The first kappa shape index (κ1) is 12.2. The number of para-hydroxylation sites is 1. The van der Waals surface area contributed by atoms with E-state index in [1.165, 1.54) is 47.1 Å². The Labute approximate surface area is 120 Å². The van der Waals surface area contributed by atoms with Crippen molar-refractivity contribution in [3.63, 3.8) is 0 Å². The van der Waals surface area contributed by atoms with Gasteiger partial charge in [0.1, 0.15) is 0 Å². The monoisotopic (exact) mass is 266 g/mol. The van der Waals surface area contributed by atoms with Crippen molar-refractivity contribution in [2.24, 2.45) is 11.8 Å². The Kier molecular flexibility index (Phi) is 2.58. The third kappa shape index (κ3) is 1.43. The van der Waals surface area contributed by atoms with Gasteiger partial charge in [0.2, 0.25) is 0 Å². The first-order valence-electron chi connectivity index (χ1n) is 7.72. The van der Waals surface area contributed by atoms with Crippen molar-refractivity contribution in [1.82, 2.24) is 9.88 Å². The molecule has 2 heterocycles. The minimum Gasteiger partial charge on any atom is -0.355 e. The van der Waals surface area contributed by atoms with Crippen LogP contribution in [0.4, 0.5) is 0 Å². The van der Waals surface area contributed by atoms with Gasteiger partial charge in [0, 0.05) is 28.2 Å². The van der Waals surface area contributed by atoms with Gasteiger partial charge in [0.15, 0.2) is 0 Å². The van der Waals surface area contributed by atoms with Crippen molar-refractivity contribution in [1.29, 1.82) is 0 Å². The fourth-order valence-corrected chi connectivity index (χ4v) is 4.53. The second-order valence-electron chi connectivity index (χ2n) is 6.38. The first-order chi connectivity index (χ1) is 9.72. The molecular weight excluding hydrogens is 244 g/mol. The van der Waals surface area contributed by atoms with Crippen LogP contribution in [-0.2, 0) is 0 Å². The molecule has 4 rings (SSSR count). The van der Waals surface area contributed by atoms with E-state index in [2.05, 4.69) is 54.7 Å². The fourth-order valence-electron chi connectivity index (χ4n) is 4.53. The molecule has 1 aliphatic carbocycles. The Morgan fingerprint density at radius 1 is 1.35 bits per heavy atom. The number of nitrogens with zero attached hydrogens (tertiary/aromatic N) is 1. The van der Waals surface area contributed by atoms with Gasteiger partial charge in [-0.25, -0.2) is 0 Å². The van der Waals surface area contributed by atoms with Gasteiger partial charge in [0.05, 0.1) is 0 Å². The van der Waals surface area contributed by atoms with E-state index in [1.807, 2.05) is 0 Å². The van der Waals surface area contributed by atoms with E-state index in [4.69, 9.17) is 0 Å². The van der Waals surface area contributed by atoms with Gasteiger partial charge in [-0.2, -0.15) is 0 Å². The van der Waals surface area contributed by atoms with E-state index in [0.717, 1.165) is 0 Å². The largest absolute Gasteiger partial charge is 0.355 e. The maximum atomic E-state index is 4.44. The highest BCUT2D eigenvalue weighted by atomic mass is 15.1. The van der Waals surface area contributed by atoms with Crippen LogP contribution in [0.2, 0.25) is 0 Å². The average Bonchev–Trinajstić information content (AvgIpc) is 2.85. The van der Waals surface area contributed by atoms with Crippen molar-refractivity contribution >= 4 is 16.5 Å². The summed E-state index contributed by atoms with van der Waals surface area (Å²) < 4.78 is 0. The summed E-state index contributed by atoms with van der Waals surface area (Å²) in [5, 5.41) is 1.39. The molecule has 104 valence electrons. The molecule has 0 saturated carbocycles. The molecule has 1 N–H and O–H groups in total. The highest BCUT2D eigenvalue weighted by Gasteiger charge is 2.44. The number of hydrogen-bond donors (Lipinski definition) is 1. The average molecular weight is 266 g/mol. The zero-order valence-corrected chi connectivity index (χ0v) is 12.3. The molecule has 1 saturated heterocycles. The summed E-state index contributed by atoms with van der Waals surface area (Å²) in [6.45, 7) is 7.96. The minimum absolute atomic E-state index is 0.551. The molecule has 0 amide bonds. The standard InChI is InChI=1S/C18H22N2/c1-4-12-13-9-10-20(3)18(12)16-14-7-5-6-8-15(14)19-17(16)11(13)2/h5-8,12-13,18-19H,2,4,9-10H2,1,3H3/t12-,13-,18-/m0/s1. The Balaban J connectivity index is 2.03. The summed E-state index contributed by atoms with van der Waals surface area (Å²) in [5.74, 6) is 1.37. The predicted octanol–water partition coefficient (Wildman–Crippen LogP) is 4.21. The fraction of sp³-hybridized carbons (Fsp3) is 0.444. The normalized spacial score (nSPS) is 29.7. The Bertz CT molecular complexity index is 682. The van der Waals surface area contributed by atoms with E-state index in [9.17, 15) is 0 Å². The number of aromatic amines is 1. The molecule has 2 bridgehead atoms. The molecule has 1 aromatic heterocycles. The lowest BCUT2D eigenvalue weighted by atomic mass is 9.66. The molecule has 2 heteroatoms. The number of H-pyrrole nitrogens is 1. The minimum atomic E-state index is 0.551. The summed E-state index contributed by atoms with van der Waals surface area (Å²) in [6, 6.07) is 9.25. The predicted molar refractivity (Wildman–Crippen MR) is 84.6 cm³/mol. The maximum absolute atomic E-state index is 4.44. The number of rotatable bonds is 1. The van der Waals surface area contributed by atoms with Crippen LogP contribution < -0.4 is 0 Å². The summed E-state index contributed by atoms with van der Waals surface area (Å²) >= 11 is 0. The summed E-state index contributed by atoms with van der Waals surface area (Å²) in [5.41, 5.74) is 5.41. The van der Waals surface area contributed by atoms with E-state index in [0.29, 0.717) is 17.9 Å². The lowest BCUT2D eigenvalue weighted by Crippen LogP contribution is -2.44. The zero-order chi connectivity index (χ0) is 13.9. The number of benzene rings is 1. The molecule has 0 radical (unpaired) electrons. The second-order valence-corrected chi connectivity index (χ2v) is 6.38. The molecule has 3 atom stereocenters. The zero-order valence-electron chi connectivity index (χ0n) is 12.3. The number of fused-ring (bicyclic) bond motifs is 6. The summed E-state index contributed by atoms with van der Waals surface area (Å²) in [4.78, 5) is 6.19. The van der Waals surface area contributed by atoms with E-state index >= 15 is 0 Å². The number of hydrogen-bond acceptors (Lipinski definition) is 1. The summed E-state index contributed by atoms with van der Waals surface area (Å²) in [7, 11) is 2.28. The van der Waals surface area contributed by atoms with Crippen LogP contribution in [0.25, 0.3) is 16.5 Å². The van der Waals surface area contributed by atoms with Crippen LogP contribution in [0.3, 0.4) is 0 Å². The lowest BCUT2D eigenvalue weighted by molar-refractivity contribution is 0.0839. The van der Waals surface area contributed by atoms with E-state index < -0.39 is 0 Å². The van der Waals surface area contributed by atoms with Crippen LogP contribution in [0.15, 0.2) is 30.8 Å². The third-order valence-electron chi connectivity index (χ3n) is 5.47. The van der Waals surface area contributed by atoms with Crippen LogP contribution in [0, 0.1) is 11.8 Å². The highest BCUT2D eigenvalue weighted by molar-refractivity contribution is 5.91. The molecule has 1 aromatic carbocycles. The van der Waals surface area contributed by atoms with Crippen LogP contribution in [-0.4, -0.2) is 23.5 Å². The van der Waals surface area contributed by atoms with Gasteiger partial charge in [-0.3, -0.25) is 4.90 Å². The number of likely N-dealkylation sites (tertiary alicyclic amines) is 1. The van der Waals surface area contributed by atoms with Crippen molar-refractivity contribution in [3.05, 3.63) is 42.1 Å². The topological polar surface area (TPSA) is 19.0 Å². The van der Waals surface area contributed by atoms with Crippen molar-refractivity contribution < 1.29 is 0 Å². The van der Waals surface area contributed by atoms with Gasteiger partial charge in [-0.1, -0.05) is 38.1 Å². The highest BCUT2D eigenvalue weighted by Crippen LogP contribution is 2.53. The van der Waals surface area contributed by atoms with E-state index in [1.54, 1.807) is 0 Å². The van der Waals surface area contributed by atoms with Crippen LogP contribution in [0.1, 0.15) is 37.1 Å². The smallest absolute Gasteiger partial charge is 0.0469 e. The molecule has 2 aliphatic rings. The number of piperidine rings is 1. The van der Waals surface area contributed by atoms with Gasteiger partial charge in [-0.15, -0.1) is 0 Å². The SMILES string of the molecule is C=C1c2[nH]c3ccccc3c2[C@@H]2[C@@H](CC)[C@H]1CCN2C. The molecule has 1 fully saturated rings. The van der Waals surface area contributed by atoms with Crippen molar-refractivity contribution in [2.75, 3.05) is 13.6 Å². The quantitative estimate of drug-likeness (QED) is 0.819. The van der Waals surface area contributed by atoms with Crippen LogP contribution in [0.5, 0.6) is 0 Å².